The second kappa shape index (κ2) is 9.45. The molecule has 150 valence electrons. The molecule has 0 bridgehead atoms. The first kappa shape index (κ1) is 20.8. The van der Waals surface area contributed by atoms with Gasteiger partial charge in [-0.2, -0.15) is 0 Å². The molecule has 0 heterocycles. The van der Waals surface area contributed by atoms with Gasteiger partial charge in [0.15, 0.2) is 18.1 Å². The van der Waals surface area contributed by atoms with Crippen LogP contribution in [0.4, 0.5) is 4.39 Å². The first-order valence-electron chi connectivity index (χ1n) is 8.06. The van der Waals surface area contributed by atoms with Crippen molar-refractivity contribution >= 4 is 11.9 Å². The van der Waals surface area contributed by atoms with Crippen LogP contribution in [-0.2, 0) is 16.1 Å². The Kier molecular flexibility index (Phi) is 7.02. The normalized spacial score (nSPS) is 10.1. The summed E-state index contributed by atoms with van der Waals surface area (Å²) in [5, 5.41) is 0. The molecule has 2 aromatic carbocycles. The summed E-state index contributed by atoms with van der Waals surface area (Å²) < 4.78 is 39.5. The standard InChI is InChI=1S/C19H20FNO7/c1-24-14-5-4-13(20)6-12(14)9-28-19(23)11-7-15(25-2)18(16(8-11)26-3)27-10-17(21)22/h4-8H,9-10H2,1-3H3,(H2,21,22). The number of esters is 1. The zero-order valence-corrected chi connectivity index (χ0v) is 15.6. The van der Waals surface area contributed by atoms with Gasteiger partial charge in [0.1, 0.15) is 18.2 Å². The summed E-state index contributed by atoms with van der Waals surface area (Å²) >= 11 is 0. The van der Waals surface area contributed by atoms with Crippen LogP contribution in [0.2, 0.25) is 0 Å². The van der Waals surface area contributed by atoms with E-state index in [-0.39, 0.29) is 29.4 Å². The van der Waals surface area contributed by atoms with Crippen LogP contribution in [0, 0.1) is 5.82 Å². The number of rotatable bonds is 9. The molecule has 2 N–H and O–H groups in total. The van der Waals surface area contributed by atoms with Crippen LogP contribution >= 0.6 is 0 Å². The summed E-state index contributed by atoms with van der Waals surface area (Å²) in [5.41, 5.74) is 5.55. The molecule has 0 saturated carbocycles. The third-order valence-corrected chi connectivity index (χ3v) is 3.66. The Labute approximate surface area is 160 Å². The number of carbonyl (C=O) groups is 2. The van der Waals surface area contributed by atoms with Gasteiger partial charge in [0.05, 0.1) is 26.9 Å². The molecule has 0 unspecified atom stereocenters. The van der Waals surface area contributed by atoms with Crippen molar-refractivity contribution in [2.75, 3.05) is 27.9 Å². The quantitative estimate of drug-likeness (QED) is 0.650. The van der Waals surface area contributed by atoms with E-state index in [9.17, 15) is 14.0 Å². The van der Waals surface area contributed by atoms with Crippen molar-refractivity contribution in [3.63, 3.8) is 0 Å². The van der Waals surface area contributed by atoms with Crippen LogP contribution in [0.1, 0.15) is 15.9 Å². The first-order valence-corrected chi connectivity index (χ1v) is 8.06. The number of hydrogen-bond donors (Lipinski definition) is 1. The number of primary amides is 1. The summed E-state index contributed by atoms with van der Waals surface area (Å²) in [7, 11) is 4.15. The molecule has 8 nitrogen and oxygen atoms in total. The third kappa shape index (κ3) is 5.03. The average molecular weight is 393 g/mol. The van der Waals surface area contributed by atoms with Crippen LogP contribution in [0.3, 0.4) is 0 Å². The maximum absolute atomic E-state index is 13.4. The summed E-state index contributed by atoms with van der Waals surface area (Å²) in [4.78, 5) is 23.4. The van der Waals surface area contributed by atoms with Gasteiger partial charge in [-0.15, -0.1) is 0 Å². The van der Waals surface area contributed by atoms with E-state index in [1.807, 2.05) is 0 Å². The molecular weight excluding hydrogens is 373 g/mol. The number of carbonyl (C=O) groups excluding carboxylic acids is 2. The highest BCUT2D eigenvalue weighted by Gasteiger charge is 2.19. The fourth-order valence-electron chi connectivity index (χ4n) is 2.37. The van der Waals surface area contributed by atoms with Crippen LogP contribution in [0.15, 0.2) is 30.3 Å². The van der Waals surface area contributed by atoms with Crippen molar-refractivity contribution in [3.05, 3.63) is 47.3 Å². The van der Waals surface area contributed by atoms with Crippen molar-refractivity contribution < 1.29 is 37.7 Å². The highest BCUT2D eigenvalue weighted by molar-refractivity contribution is 5.91. The lowest BCUT2D eigenvalue weighted by molar-refractivity contribution is -0.120. The lowest BCUT2D eigenvalue weighted by Crippen LogP contribution is -2.20. The van der Waals surface area contributed by atoms with Gasteiger partial charge in [-0.05, 0) is 30.3 Å². The molecule has 2 aromatic rings. The molecule has 2 rings (SSSR count). The molecule has 0 aromatic heterocycles. The maximum Gasteiger partial charge on any atom is 0.338 e. The van der Waals surface area contributed by atoms with Crippen molar-refractivity contribution in [2.45, 2.75) is 6.61 Å². The SMILES string of the molecule is COc1ccc(F)cc1COC(=O)c1cc(OC)c(OCC(N)=O)c(OC)c1. The molecule has 1 amide bonds. The number of nitrogens with two attached hydrogens (primary N) is 1. The van der Waals surface area contributed by atoms with E-state index in [1.54, 1.807) is 0 Å². The van der Waals surface area contributed by atoms with Gasteiger partial charge in [-0.1, -0.05) is 0 Å². The van der Waals surface area contributed by atoms with E-state index in [0.29, 0.717) is 11.3 Å². The smallest absolute Gasteiger partial charge is 0.338 e. The number of benzene rings is 2. The molecule has 28 heavy (non-hydrogen) atoms. The second-order valence-electron chi connectivity index (χ2n) is 5.50. The molecule has 0 aliphatic heterocycles. The molecule has 0 spiro atoms. The summed E-state index contributed by atoms with van der Waals surface area (Å²) in [5.74, 6) is -1.06. The van der Waals surface area contributed by atoms with Gasteiger partial charge in [-0.25, -0.2) is 9.18 Å². The van der Waals surface area contributed by atoms with Gasteiger partial charge < -0.3 is 29.4 Å². The Morgan fingerprint density at radius 1 is 0.964 bits per heavy atom. The monoisotopic (exact) mass is 393 g/mol. The molecule has 0 aliphatic rings. The Hall–Kier alpha value is -3.49. The minimum absolute atomic E-state index is 0.107. The summed E-state index contributed by atoms with van der Waals surface area (Å²) in [6, 6.07) is 6.63. The number of ether oxygens (including phenoxy) is 5. The predicted molar refractivity (Wildman–Crippen MR) is 96.3 cm³/mol. The zero-order valence-electron chi connectivity index (χ0n) is 15.6. The summed E-state index contributed by atoms with van der Waals surface area (Å²) in [6.07, 6.45) is 0. The number of halogens is 1. The minimum atomic E-state index is -0.704. The third-order valence-electron chi connectivity index (χ3n) is 3.66. The molecule has 0 saturated heterocycles. The fraction of sp³-hybridized carbons (Fsp3) is 0.263. The number of hydrogen-bond acceptors (Lipinski definition) is 7. The van der Waals surface area contributed by atoms with Gasteiger partial charge in [0, 0.05) is 5.56 Å². The van der Waals surface area contributed by atoms with Gasteiger partial charge >= 0.3 is 5.97 Å². The van der Waals surface area contributed by atoms with Crippen molar-refractivity contribution in [3.8, 4) is 23.0 Å². The maximum atomic E-state index is 13.4. The lowest BCUT2D eigenvalue weighted by atomic mass is 10.1. The molecule has 0 fully saturated rings. The Morgan fingerprint density at radius 3 is 2.11 bits per heavy atom. The van der Waals surface area contributed by atoms with E-state index in [2.05, 4.69) is 0 Å². The highest BCUT2D eigenvalue weighted by Crippen LogP contribution is 2.38. The lowest BCUT2D eigenvalue weighted by Gasteiger charge is -2.15. The van der Waals surface area contributed by atoms with E-state index >= 15 is 0 Å². The van der Waals surface area contributed by atoms with Crippen LogP contribution < -0.4 is 24.7 Å². The Balaban J connectivity index is 2.23. The van der Waals surface area contributed by atoms with Crippen molar-refractivity contribution in [1.29, 1.82) is 0 Å². The largest absolute Gasteiger partial charge is 0.496 e. The molecular formula is C19H20FNO7. The van der Waals surface area contributed by atoms with E-state index in [1.165, 1.54) is 51.7 Å². The predicted octanol–water partition coefficient (Wildman–Crippen LogP) is 2.07. The number of methoxy groups -OCH3 is 3. The van der Waals surface area contributed by atoms with Gasteiger partial charge in [0.2, 0.25) is 5.75 Å². The van der Waals surface area contributed by atoms with E-state index < -0.39 is 24.3 Å². The van der Waals surface area contributed by atoms with E-state index in [4.69, 9.17) is 29.4 Å². The van der Waals surface area contributed by atoms with Gasteiger partial charge in [0.25, 0.3) is 5.91 Å². The van der Waals surface area contributed by atoms with Crippen LogP contribution in [0.5, 0.6) is 23.0 Å². The van der Waals surface area contributed by atoms with Crippen LogP contribution in [0.25, 0.3) is 0 Å². The van der Waals surface area contributed by atoms with Gasteiger partial charge in [-0.3, -0.25) is 4.79 Å². The highest BCUT2D eigenvalue weighted by atomic mass is 19.1. The number of amides is 1. The topological polar surface area (TPSA) is 106 Å². The van der Waals surface area contributed by atoms with E-state index in [0.717, 1.165) is 0 Å². The summed E-state index contributed by atoms with van der Waals surface area (Å²) in [6.45, 7) is -0.597. The zero-order chi connectivity index (χ0) is 20.7. The minimum Gasteiger partial charge on any atom is -0.496 e. The van der Waals surface area contributed by atoms with Crippen LogP contribution in [-0.4, -0.2) is 39.8 Å². The molecule has 0 aliphatic carbocycles. The molecule has 9 heteroatoms. The van der Waals surface area contributed by atoms with Crippen molar-refractivity contribution in [2.24, 2.45) is 5.73 Å². The average Bonchev–Trinajstić information content (AvgIpc) is 2.69. The Morgan fingerprint density at radius 2 is 1.57 bits per heavy atom. The van der Waals surface area contributed by atoms with Crippen molar-refractivity contribution in [1.82, 2.24) is 0 Å². The fourth-order valence-corrected chi connectivity index (χ4v) is 2.37. The Bertz CT molecular complexity index is 844. The molecule has 0 atom stereocenters. The second-order valence-corrected chi connectivity index (χ2v) is 5.50. The molecule has 0 radical (unpaired) electrons. The first-order chi connectivity index (χ1) is 13.4.